The lowest BCUT2D eigenvalue weighted by Crippen LogP contribution is -2.47. The maximum Gasteiger partial charge on any atom is 0.193 e. The van der Waals surface area contributed by atoms with Gasteiger partial charge in [-0.25, -0.2) is 0 Å². The molecule has 1 fully saturated rings. The zero-order valence-corrected chi connectivity index (χ0v) is 19.0. The Hall–Kier alpha value is -1.79. The van der Waals surface area contributed by atoms with Crippen LogP contribution in [0.25, 0.3) is 0 Å². The van der Waals surface area contributed by atoms with Gasteiger partial charge in [0.1, 0.15) is 5.75 Å². The quantitative estimate of drug-likeness (QED) is 0.477. The molecule has 0 radical (unpaired) electrons. The van der Waals surface area contributed by atoms with Gasteiger partial charge in [-0.15, -0.1) is 0 Å². The number of nitrogens with one attached hydrogen (secondary N) is 1. The number of benzene rings is 1. The molecule has 6 heteroatoms. The van der Waals surface area contributed by atoms with Crippen molar-refractivity contribution in [2.24, 2.45) is 4.99 Å². The van der Waals surface area contributed by atoms with Crippen molar-refractivity contribution in [3.05, 3.63) is 29.8 Å². The van der Waals surface area contributed by atoms with Crippen molar-refractivity contribution < 1.29 is 9.47 Å². The third-order valence-corrected chi connectivity index (χ3v) is 5.62. The minimum atomic E-state index is 0.231. The summed E-state index contributed by atoms with van der Waals surface area (Å²) < 4.78 is 11.3. The van der Waals surface area contributed by atoms with Crippen LogP contribution >= 0.6 is 0 Å². The van der Waals surface area contributed by atoms with Crippen LogP contribution < -0.4 is 10.1 Å². The predicted octanol–water partition coefficient (Wildman–Crippen LogP) is 3.54. The molecule has 0 aromatic heterocycles. The topological polar surface area (TPSA) is 49.3 Å². The number of methoxy groups -OCH3 is 1. The second-order valence-corrected chi connectivity index (χ2v) is 7.35. The van der Waals surface area contributed by atoms with Gasteiger partial charge in [0.2, 0.25) is 0 Å². The highest BCUT2D eigenvalue weighted by molar-refractivity contribution is 5.80. The highest BCUT2D eigenvalue weighted by atomic mass is 16.5. The molecule has 1 aromatic carbocycles. The van der Waals surface area contributed by atoms with E-state index >= 15 is 0 Å². The van der Waals surface area contributed by atoms with Gasteiger partial charge in [0, 0.05) is 26.2 Å². The molecule has 0 amide bonds. The Labute approximate surface area is 177 Å². The average Bonchev–Trinajstić information content (AvgIpc) is 2.76. The van der Waals surface area contributed by atoms with Crippen molar-refractivity contribution in [1.29, 1.82) is 0 Å². The Morgan fingerprint density at radius 2 is 1.93 bits per heavy atom. The summed E-state index contributed by atoms with van der Waals surface area (Å²) in [6.45, 7) is 15.0. The SMILES string of the molecule is CCNC(=NCC(c1cccc(OC)c1)N(CC)CC)N1CCC(OCC)CC1. The van der Waals surface area contributed by atoms with E-state index in [0.717, 1.165) is 70.4 Å². The molecule has 1 N–H and O–H groups in total. The third kappa shape index (κ3) is 6.89. The normalized spacial score (nSPS) is 16.9. The first kappa shape index (κ1) is 23.5. The first-order valence-corrected chi connectivity index (χ1v) is 11.2. The van der Waals surface area contributed by atoms with Crippen molar-refractivity contribution in [1.82, 2.24) is 15.1 Å². The van der Waals surface area contributed by atoms with Crippen LogP contribution in [0.2, 0.25) is 0 Å². The van der Waals surface area contributed by atoms with Gasteiger partial charge in [0.25, 0.3) is 0 Å². The largest absolute Gasteiger partial charge is 0.497 e. The van der Waals surface area contributed by atoms with E-state index in [-0.39, 0.29) is 6.04 Å². The van der Waals surface area contributed by atoms with E-state index in [1.54, 1.807) is 7.11 Å². The Morgan fingerprint density at radius 1 is 1.21 bits per heavy atom. The minimum Gasteiger partial charge on any atom is -0.497 e. The number of likely N-dealkylation sites (tertiary alicyclic amines) is 1. The van der Waals surface area contributed by atoms with Crippen LogP contribution in [0.1, 0.15) is 52.1 Å². The molecule has 1 aromatic rings. The Kier molecular flexibility index (Phi) is 10.3. The van der Waals surface area contributed by atoms with E-state index < -0.39 is 0 Å². The fourth-order valence-corrected chi connectivity index (χ4v) is 4.01. The summed E-state index contributed by atoms with van der Waals surface area (Å²) in [5.74, 6) is 1.91. The Morgan fingerprint density at radius 3 is 2.52 bits per heavy atom. The summed E-state index contributed by atoms with van der Waals surface area (Å²) in [6, 6.07) is 8.62. The lowest BCUT2D eigenvalue weighted by atomic mass is 10.0. The summed E-state index contributed by atoms with van der Waals surface area (Å²) in [5, 5.41) is 3.50. The molecule has 1 atom stereocenters. The Balaban J connectivity index is 2.17. The molecular formula is C23H40N4O2. The number of rotatable bonds is 10. The number of piperidine rings is 1. The zero-order chi connectivity index (χ0) is 21.1. The fraction of sp³-hybridized carbons (Fsp3) is 0.696. The van der Waals surface area contributed by atoms with Crippen LogP contribution in [0, 0.1) is 0 Å². The van der Waals surface area contributed by atoms with E-state index in [2.05, 4.69) is 61.0 Å². The van der Waals surface area contributed by atoms with Crippen molar-refractivity contribution in [3.8, 4) is 5.75 Å². The van der Waals surface area contributed by atoms with E-state index in [1.807, 2.05) is 6.07 Å². The maximum absolute atomic E-state index is 5.80. The molecule has 2 rings (SSSR count). The van der Waals surface area contributed by atoms with Crippen molar-refractivity contribution in [2.45, 2.75) is 52.7 Å². The molecule has 0 saturated carbocycles. The molecular weight excluding hydrogens is 364 g/mol. The maximum atomic E-state index is 5.80. The molecule has 6 nitrogen and oxygen atoms in total. The number of ether oxygens (including phenoxy) is 2. The van der Waals surface area contributed by atoms with Gasteiger partial charge in [-0.2, -0.15) is 0 Å². The Bertz CT molecular complexity index is 611. The minimum absolute atomic E-state index is 0.231. The van der Waals surface area contributed by atoms with Crippen LogP contribution in [0.3, 0.4) is 0 Å². The highest BCUT2D eigenvalue weighted by Gasteiger charge is 2.23. The molecule has 1 heterocycles. The number of aliphatic imine (C=N–C) groups is 1. The summed E-state index contributed by atoms with van der Waals surface area (Å²) in [6.07, 6.45) is 2.51. The number of nitrogens with zero attached hydrogens (tertiary/aromatic N) is 3. The van der Waals surface area contributed by atoms with Crippen LogP contribution in [0.4, 0.5) is 0 Å². The van der Waals surface area contributed by atoms with Crippen LogP contribution in [-0.2, 0) is 4.74 Å². The summed E-state index contributed by atoms with van der Waals surface area (Å²) in [4.78, 5) is 9.91. The third-order valence-electron chi connectivity index (χ3n) is 5.62. The number of hydrogen-bond donors (Lipinski definition) is 1. The molecule has 0 spiro atoms. The van der Waals surface area contributed by atoms with Gasteiger partial charge in [-0.1, -0.05) is 26.0 Å². The molecule has 1 saturated heterocycles. The second kappa shape index (κ2) is 12.7. The highest BCUT2D eigenvalue weighted by Crippen LogP contribution is 2.25. The average molecular weight is 405 g/mol. The summed E-state index contributed by atoms with van der Waals surface area (Å²) in [5.41, 5.74) is 1.25. The van der Waals surface area contributed by atoms with Gasteiger partial charge in [-0.3, -0.25) is 9.89 Å². The van der Waals surface area contributed by atoms with Crippen LogP contribution in [0.5, 0.6) is 5.75 Å². The molecule has 1 aliphatic rings. The molecule has 0 bridgehead atoms. The molecule has 29 heavy (non-hydrogen) atoms. The monoisotopic (exact) mass is 404 g/mol. The van der Waals surface area contributed by atoms with E-state index in [0.29, 0.717) is 6.10 Å². The van der Waals surface area contributed by atoms with E-state index in [1.165, 1.54) is 5.56 Å². The molecule has 1 aliphatic heterocycles. The first-order chi connectivity index (χ1) is 14.2. The zero-order valence-electron chi connectivity index (χ0n) is 19.0. The van der Waals surface area contributed by atoms with Crippen LogP contribution in [0.15, 0.2) is 29.3 Å². The molecule has 0 aliphatic carbocycles. The smallest absolute Gasteiger partial charge is 0.193 e. The molecule has 164 valence electrons. The molecule has 1 unspecified atom stereocenters. The van der Waals surface area contributed by atoms with E-state index in [4.69, 9.17) is 14.5 Å². The van der Waals surface area contributed by atoms with Gasteiger partial charge >= 0.3 is 0 Å². The summed E-state index contributed by atoms with van der Waals surface area (Å²) in [7, 11) is 1.72. The fourth-order valence-electron chi connectivity index (χ4n) is 4.01. The van der Waals surface area contributed by atoms with Crippen molar-refractivity contribution in [2.75, 3.05) is 53.0 Å². The standard InChI is InChI=1S/C23H40N4O2/c1-6-24-23(27-15-13-20(14-16-27)29-9-4)25-18-22(26(7-2)8-3)19-11-10-12-21(17-19)28-5/h10-12,17,20,22H,6-9,13-16,18H2,1-5H3,(H,24,25). The van der Waals surface area contributed by atoms with Crippen LogP contribution in [-0.4, -0.2) is 74.8 Å². The predicted molar refractivity (Wildman–Crippen MR) is 121 cm³/mol. The number of guanidine groups is 1. The van der Waals surface area contributed by atoms with Crippen molar-refractivity contribution in [3.63, 3.8) is 0 Å². The van der Waals surface area contributed by atoms with Gasteiger partial charge in [0.05, 0.1) is 25.8 Å². The second-order valence-electron chi connectivity index (χ2n) is 7.35. The van der Waals surface area contributed by atoms with E-state index in [9.17, 15) is 0 Å². The first-order valence-electron chi connectivity index (χ1n) is 11.2. The number of likely N-dealkylation sites (N-methyl/N-ethyl adjacent to an activating group) is 1. The summed E-state index contributed by atoms with van der Waals surface area (Å²) >= 11 is 0. The number of hydrogen-bond acceptors (Lipinski definition) is 4. The van der Waals surface area contributed by atoms with Gasteiger partial charge in [-0.05, 0) is 57.5 Å². The lowest BCUT2D eigenvalue weighted by Gasteiger charge is -2.35. The lowest BCUT2D eigenvalue weighted by molar-refractivity contribution is 0.0263. The van der Waals surface area contributed by atoms with Crippen molar-refractivity contribution >= 4 is 5.96 Å². The van der Waals surface area contributed by atoms with Gasteiger partial charge in [0.15, 0.2) is 5.96 Å². The van der Waals surface area contributed by atoms with Gasteiger partial charge < -0.3 is 19.7 Å².